The summed E-state index contributed by atoms with van der Waals surface area (Å²) in [5.74, 6) is 2.15. The number of halogens is 1. The van der Waals surface area contributed by atoms with Crippen molar-refractivity contribution in [2.75, 3.05) is 40.0 Å². The van der Waals surface area contributed by atoms with Gasteiger partial charge in [-0.15, -0.1) is 24.0 Å². The van der Waals surface area contributed by atoms with E-state index in [1.54, 1.807) is 7.05 Å². The smallest absolute Gasteiger partial charge is 0.191 e. The van der Waals surface area contributed by atoms with Crippen LogP contribution in [0.15, 0.2) is 29.3 Å². The fourth-order valence-electron chi connectivity index (χ4n) is 3.00. The van der Waals surface area contributed by atoms with Crippen LogP contribution in [0.25, 0.3) is 0 Å². The lowest BCUT2D eigenvalue weighted by molar-refractivity contribution is 0.127. The van der Waals surface area contributed by atoms with Gasteiger partial charge < -0.3 is 25.2 Å². The van der Waals surface area contributed by atoms with E-state index in [0.717, 1.165) is 49.9 Å². The summed E-state index contributed by atoms with van der Waals surface area (Å²) in [6, 6.07) is 8.12. The second-order valence-electron chi connectivity index (χ2n) is 7.41. The minimum absolute atomic E-state index is 0. The predicted octanol–water partition coefficient (Wildman–Crippen LogP) is 2.79. The Morgan fingerprint density at radius 3 is 2.81 bits per heavy atom. The first-order valence-corrected chi connectivity index (χ1v) is 9.42. The first-order chi connectivity index (χ1) is 12.6. The summed E-state index contributed by atoms with van der Waals surface area (Å²) in [6.07, 6.45) is 1.71. The molecular weight excluding hydrogens is 457 g/mol. The number of hydrogen-bond acceptors (Lipinski definition) is 4. The van der Waals surface area contributed by atoms with Crippen LogP contribution in [0.3, 0.4) is 0 Å². The molecule has 2 rings (SSSR count). The van der Waals surface area contributed by atoms with Gasteiger partial charge in [-0.2, -0.15) is 0 Å². The Hall–Kier alpha value is -1.06. The van der Waals surface area contributed by atoms with Crippen LogP contribution in [0.4, 0.5) is 0 Å². The Morgan fingerprint density at radius 1 is 1.37 bits per heavy atom. The van der Waals surface area contributed by atoms with Gasteiger partial charge in [0.05, 0.1) is 13.2 Å². The van der Waals surface area contributed by atoms with Crippen molar-refractivity contribution in [3.63, 3.8) is 0 Å². The summed E-state index contributed by atoms with van der Waals surface area (Å²) >= 11 is 0. The average Bonchev–Trinajstić information content (AvgIpc) is 3.09. The highest BCUT2D eigenvalue weighted by Gasteiger charge is 2.34. The van der Waals surface area contributed by atoms with Crippen LogP contribution >= 0.6 is 24.0 Å². The van der Waals surface area contributed by atoms with Gasteiger partial charge in [0.2, 0.25) is 0 Å². The Kier molecular flexibility index (Phi) is 11.0. The molecule has 0 bridgehead atoms. The predicted molar refractivity (Wildman–Crippen MR) is 120 cm³/mol. The number of benzene rings is 1. The van der Waals surface area contributed by atoms with Crippen molar-refractivity contribution in [3.05, 3.63) is 29.8 Å². The van der Waals surface area contributed by atoms with E-state index in [4.69, 9.17) is 9.47 Å². The summed E-state index contributed by atoms with van der Waals surface area (Å²) in [5.41, 5.74) is 1.14. The molecule has 1 aliphatic heterocycles. The molecule has 0 spiro atoms. The van der Waals surface area contributed by atoms with Crippen molar-refractivity contribution in [2.24, 2.45) is 16.3 Å². The van der Waals surface area contributed by atoms with Crippen LogP contribution in [-0.2, 0) is 11.3 Å². The van der Waals surface area contributed by atoms with Crippen molar-refractivity contribution in [2.45, 2.75) is 33.2 Å². The van der Waals surface area contributed by atoms with Crippen LogP contribution < -0.4 is 15.4 Å². The molecule has 1 aromatic carbocycles. The highest BCUT2D eigenvalue weighted by atomic mass is 127. The Bertz CT molecular complexity index is 575. The largest absolute Gasteiger partial charge is 0.493 e. The molecule has 0 saturated carbocycles. The monoisotopic (exact) mass is 491 g/mol. The number of aliphatic imine (C=N–C) groups is 1. The highest BCUT2D eigenvalue weighted by molar-refractivity contribution is 14.0. The Morgan fingerprint density at radius 2 is 2.19 bits per heavy atom. The maximum Gasteiger partial charge on any atom is 0.191 e. The van der Waals surface area contributed by atoms with Gasteiger partial charge in [0.1, 0.15) is 5.75 Å². The first-order valence-electron chi connectivity index (χ1n) is 9.42. The molecule has 0 aromatic heterocycles. The molecule has 0 radical (unpaired) electrons. The molecule has 1 unspecified atom stereocenters. The van der Waals surface area contributed by atoms with Gasteiger partial charge in [0.25, 0.3) is 0 Å². The second-order valence-corrected chi connectivity index (χ2v) is 7.41. The topological polar surface area (TPSA) is 75.1 Å². The molecule has 1 aromatic rings. The summed E-state index contributed by atoms with van der Waals surface area (Å²) in [7, 11) is 1.77. The van der Waals surface area contributed by atoms with Crippen molar-refractivity contribution >= 4 is 29.9 Å². The molecule has 1 saturated heterocycles. The van der Waals surface area contributed by atoms with Gasteiger partial charge in [-0.25, -0.2) is 0 Å². The van der Waals surface area contributed by atoms with Crippen molar-refractivity contribution in [1.29, 1.82) is 0 Å². The number of ether oxygens (including phenoxy) is 2. The zero-order chi connectivity index (χ0) is 18.8. The van der Waals surface area contributed by atoms with Gasteiger partial charge in [-0.3, -0.25) is 4.99 Å². The number of rotatable bonds is 9. The molecule has 154 valence electrons. The van der Waals surface area contributed by atoms with Crippen molar-refractivity contribution in [3.8, 4) is 5.75 Å². The molecule has 1 aliphatic rings. The third kappa shape index (κ3) is 8.23. The summed E-state index contributed by atoms with van der Waals surface area (Å²) in [4.78, 5) is 4.30. The van der Waals surface area contributed by atoms with E-state index in [-0.39, 0.29) is 36.0 Å². The van der Waals surface area contributed by atoms with Crippen LogP contribution in [0.1, 0.15) is 32.3 Å². The molecule has 6 nitrogen and oxygen atoms in total. The Labute approximate surface area is 180 Å². The third-order valence-electron chi connectivity index (χ3n) is 4.62. The average molecular weight is 491 g/mol. The van der Waals surface area contributed by atoms with Crippen molar-refractivity contribution < 1.29 is 14.6 Å². The third-order valence-corrected chi connectivity index (χ3v) is 4.62. The van der Waals surface area contributed by atoms with E-state index in [0.29, 0.717) is 19.1 Å². The fraction of sp³-hybridized carbons (Fsp3) is 0.650. The summed E-state index contributed by atoms with van der Waals surface area (Å²) < 4.78 is 11.3. The number of guanidine groups is 1. The van der Waals surface area contributed by atoms with E-state index in [2.05, 4.69) is 41.6 Å². The molecule has 7 heteroatoms. The molecule has 1 atom stereocenters. The molecule has 0 aliphatic carbocycles. The minimum atomic E-state index is -0.00300. The number of nitrogens with zero attached hydrogens (tertiary/aromatic N) is 1. The fourth-order valence-corrected chi connectivity index (χ4v) is 3.00. The normalized spacial score (nSPS) is 19.7. The molecule has 3 N–H and O–H groups in total. The maximum atomic E-state index is 9.33. The molecular formula is C20H34IN3O3. The van der Waals surface area contributed by atoms with Gasteiger partial charge in [0, 0.05) is 38.8 Å². The maximum absolute atomic E-state index is 9.33. The Balaban J connectivity index is 0.00000364. The molecule has 27 heavy (non-hydrogen) atoms. The number of hydrogen-bond donors (Lipinski definition) is 3. The zero-order valence-electron chi connectivity index (χ0n) is 16.7. The summed E-state index contributed by atoms with van der Waals surface area (Å²) in [6.45, 7) is 8.03. The molecule has 1 heterocycles. The number of nitrogens with one attached hydrogen (secondary N) is 2. The van der Waals surface area contributed by atoms with E-state index >= 15 is 0 Å². The standard InChI is InChI=1S/C20H33N3O3.HI/c1-16(2)13-26-18-6-4-5-17(11-18)12-22-19(21-3)23-14-20(7-9-24)8-10-25-15-20;/h4-6,11,16,24H,7-10,12-15H2,1-3H3,(H2,21,22,23);1H. The molecule has 1 fully saturated rings. The summed E-state index contributed by atoms with van der Waals surface area (Å²) in [5, 5.41) is 16.0. The van der Waals surface area contributed by atoms with E-state index in [9.17, 15) is 5.11 Å². The highest BCUT2D eigenvalue weighted by Crippen LogP contribution is 2.31. The lowest BCUT2D eigenvalue weighted by Crippen LogP contribution is -2.44. The lowest BCUT2D eigenvalue weighted by Gasteiger charge is -2.27. The van der Waals surface area contributed by atoms with Crippen molar-refractivity contribution in [1.82, 2.24) is 10.6 Å². The van der Waals surface area contributed by atoms with E-state index in [1.807, 2.05) is 12.1 Å². The van der Waals surface area contributed by atoms with Crippen LogP contribution in [0.2, 0.25) is 0 Å². The lowest BCUT2D eigenvalue weighted by atomic mass is 9.84. The van der Waals surface area contributed by atoms with Crippen LogP contribution in [0, 0.1) is 11.3 Å². The minimum Gasteiger partial charge on any atom is -0.493 e. The SMILES string of the molecule is CN=C(NCc1cccc(OCC(C)C)c1)NCC1(CCO)CCOC1.I. The van der Waals surface area contributed by atoms with Crippen LogP contribution in [-0.4, -0.2) is 51.1 Å². The van der Waals surface area contributed by atoms with E-state index in [1.165, 1.54) is 0 Å². The quantitative estimate of drug-likeness (QED) is 0.282. The van der Waals surface area contributed by atoms with Gasteiger partial charge in [-0.1, -0.05) is 26.0 Å². The van der Waals surface area contributed by atoms with Gasteiger partial charge >= 0.3 is 0 Å². The number of aliphatic hydroxyl groups is 1. The van der Waals surface area contributed by atoms with E-state index < -0.39 is 0 Å². The zero-order valence-corrected chi connectivity index (χ0v) is 19.0. The van der Waals surface area contributed by atoms with Gasteiger partial charge in [-0.05, 0) is 36.5 Å². The van der Waals surface area contributed by atoms with Crippen LogP contribution in [0.5, 0.6) is 5.75 Å². The second kappa shape index (κ2) is 12.4. The van der Waals surface area contributed by atoms with Gasteiger partial charge in [0.15, 0.2) is 5.96 Å². The molecule has 0 amide bonds. The first kappa shape index (κ1) is 24.0. The number of aliphatic hydroxyl groups excluding tert-OH is 1.